The number of ether oxygens (including phenoxy) is 1. The lowest BCUT2D eigenvalue weighted by molar-refractivity contribution is 0.290. The van der Waals surface area contributed by atoms with Crippen LogP contribution in [-0.4, -0.2) is 6.61 Å². The van der Waals surface area contributed by atoms with E-state index in [1.54, 1.807) is 12.1 Å². The summed E-state index contributed by atoms with van der Waals surface area (Å²) in [6, 6.07) is 4.96. The van der Waals surface area contributed by atoms with Crippen LogP contribution in [0.25, 0.3) is 0 Å². The molecule has 0 aliphatic rings. The van der Waals surface area contributed by atoms with Gasteiger partial charge in [-0.15, -0.1) is 0 Å². The summed E-state index contributed by atoms with van der Waals surface area (Å²) >= 11 is 0. The minimum Gasteiger partial charge on any atom is -0.491 e. The lowest BCUT2D eigenvalue weighted by Gasteiger charge is -2.07. The standard InChI is InChI=1S/C14H21FO/c1-3-4-5-6-7-10-16-14-11-12(2)8-9-13(14)15/h8-9,11H,3-7,10H2,1-2H3. The van der Waals surface area contributed by atoms with E-state index in [-0.39, 0.29) is 5.82 Å². The molecule has 1 aromatic carbocycles. The molecule has 0 aliphatic heterocycles. The van der Waals surface area contributed by atoms with E-state index >= 15 is 0 Å². The average Bonchev–Trinajstić information content (AvgIpc) is 2.28. The van der Waals surface area contributed by atoms with Crippen molar-refractivity contribution in [1.29, 1.82) is 0 Å². The molecule has 1 rings (SSSR count). The second kappa shape index (κ2) is 7.26. The van der Waals surface area contributed by atoms with Gasteiger partial charge in [0.05, 0.1) is 6.61 Å². The Kier molecular flexibility index (Phi) is 5.91. The topological polar surface area (TPSA) is 9.23 Å². The Morgan fingerprint density at radius 1 is 1.12 bits per heavy atom. The maximum atomic E-state index is 13.3. The summed E-state index contributed by atoms with van der Waals surface area (Å²) < 4.78 is 18.7. The number of hydrogen-bond acceptors (Lipinski definition) is 1. The predicted octanol–water partition coefficient (Wildman–Crippen LogP) is 4.48. The molecule has 0 saturated carbocycles. The lowest BCUT2D eigenvalue weighted by Crippen LogP contribution is -1.99. The van der Waals surface area contributed by atoms with E-state index in [1.807, 2.05) is 6.92 Å². The van der Waals surface area contributed by atoms with Crippen molar-refractivity contribution in [2.45, 2.75) is 46.0 Å². The van der Waals surface area contributed by atoms with Gasteiger partial charge < -0.3 is 4.74 Å². The molecule has 0 heterocycles. The smallest absolute Gasteiger partial charge is 0.165 e. The van der Waals surface area contributed by atoms with E-state index in [4.69, 9.17) is 4.74 Å². The van der Waals surface area contributed by atoms with Crippen LogP contribution in [0, 0.1) is 12.7 Å². The van der Waals surface area contributed by atoms with E-state index < -0.39 is 0 Å². The van der Waals surface area contributed by atoms with Crippen LogP contribution < -0.4 is 4.74 Å². The molecule has 0 amide bonds. The first-order chi connectivity index (χ1) is 7.74. The highest BCUT2D eigenvalue weighted by Crippen LogP contribution is 2.18. The molecule has 0 atom stereocenters. The molecule has 16 heavy (non-hydrogen) atoms. The Hall–Kier alpha value is -1.05. The Morgan fingerprint density at radius 3 is 2.62 bits per heavy atom. The third-order valence-electron chi connectivity index (χ3n) is 2.59. The van der Waals surface area contributed by atoms with Crippen LogP contribution in [0.2, 0.25) is 0 Å². The summed E-state index contributed by atoms with van der Waals surface area (Å²) in [5.41, 5.74) is 1.03. The summed E-state index contributed by atoms with van der Waals surface area (Å²) in [5, 5.41) is 0. The van der Waals surface area contributed by atoms with Crippen molar-refractivity contribution in [2.75, 3.05) is 6.61 Å². The number of hydrogen-bond donors (Lipinski definition) is 0. The fourth-order valence-electron chi connectivity index (χ4n) is 1.61. The van der Waals surface area contributed by atoms with E-state index in [0.717, 1.165) is 12.0 Å². The monoisotopic (exact) mass is 224 g/mol. The van der Waals surface area contributed by atoms with Gasteiger partial charge in [-0.05, 0) is 31.0 Å². The fraction of sp³-hybridized carbons (Fsp3) is 0.571. The van der Waals surface area contributed by atoms with Crippen LogP contribution in [-0.2, 0) is 0 Å². The van der Waals surface area contributed by atoms with Gasteiger partial charge >= 0.3 is 0 Å². The third-order valence-corrected chi connectivity index (χ3v) is 2.59. The highest BCUT2D eigenvalue weighted by Gasteiger charge is 2.02. The molecule has 2 heteroatoms. The number of unbranched alkanes of at least 4 members (excludes halogenated alkanes) is 4. The van der Waals surface area contributed by atoms with Gasteiger partial charge in [-0.25, -0.2) is 4.39 Å². The molecule has 0 aliphatic carbocycles. The summed E-state index contributed by atoms with van der Waals surface area (Å²) in [7, 11) is 0. The van der Waals surface area contributed by atoms with Gasteiger partial charge in [-0.1, -0.05) is 38.7 Å². The number of rotatable bonds is 7. The Balaban J connectivity index is 2.23. The molecule has 0 spiro atoms. The average molecular weight is 224 g/mol. The number of aryl methyl sites for hydroxylation is 1. The van der Waals surface area contributed by atoms with Gasteiger partial charge in [0, 0.05) is 0 Å². The largest absolute Gasteiger partial charge is 0.491 e. The molecule has 0 aromatic heterocycles. The molecule has 0 fully saturated rings. The van der Waals surface area contributed by atoms with Gasteiger partial charge in [0.2, 0.25) is 0 Å². The lowest BCUT2D eigenvalue weighted by atomic mass is 10.2. The van der Waals surface area contributed by atoms with Crippen molar-refractivity contribution in [2.24, 2.45) is 0 Å². The minimum atomic E-state index is -0.265. The van der Waals surface area contributed by atoms with Crippen molar-refractivity contribution in [3.63, 3.8) is 0 Å². The first-order valence-electron chi connectivity index (χ1n) is 6.13. The quantitative estimate of drug-likeness (QED) is 0.620. The van der Waals surface area contributed by atoms with E-state index in [9.17, 15) is 4.39 Å². The highest BCUT2D eigenvalue weighted by atomic mass is 19.1. The van der Waals surface area contributed by atoms with Crippen LogP contribution in [0.5, 0.6) is 5.75 Å². The molecule has 0 N–H and O–H groups in total. The van der Waals surface area contributed by atoms with E-state index in [0.29, 0.717) is 12.4 Å². The van der Waals surface area contributed by atoms with Crippen LogP contribution in [0.1, 0.15) is 44.6 Å². The first-order valence-corrected chi connectivity index (χ1v) is 6.13. The second-order valence-electron chi connectivity index (χ2n) is 4.20. The van der Waals surface area contributed by atoms with Gasteiger partial charge in [-0.3, -0.25) is 0 Å². The third kappa shape index (κ3) is 4.65. The summed E-state index contributed by atoms with van der Waals surface area (Å²) in [6.45, 7) is 4.75. The molecule has 0 bridgehead atoms. The summed E-state index contributed by atoms with van der Waals surface area (Å²) in [6.07, 6.45) is 5.94. The van der Waals surface area contributed by atoms with Crippen LogP contribution in [0.4, 0.5) is 4.39 Å². The molecule has 1 aromatic rings. The van der Waals surface area contributed by atoms with Crippen LogP contribution >= 0.6 is 0 Å². The van der Waals surface area contributed by atoms with Gasteiger partial charge in [0.25, 0.3) is 0 Å². The molecule has 0 radical (unpaired) electrons. The number of benzene rings is 1. The van der Waals surface area contributed by atoms with Gasteiger partial charge in [-0.2, -0.15) is 0 Å². The van der Waals surface area contributed by atoms with Crippen molar-refractivity contribution in [1.82, 2.24) is 0 Å². The summed E-state index contributed by atoms with van der Waals surface area (Å²) in [4.78, 5) is 0. The Bertz CT molecular complexity index is 310. The zero-order valence-electron chi connectivity index (χ0n) is 10.3. The van der Waals surface area contributed by atoms with Crippen LogP contribution in [0.3, 0.4) is 0 Å². The predicted molar refractivity (Wildman–Crippen MR) is 65.4 cm³/mol. The SMILES string of the molecule is CCCCCCCOc1cc(C)ccc1F. The van der Waals surface area contributed by atoms with E-state index in [2.05, 4.69) is 6.92 Å². The van der Waals surface area contributed by atoms with Gasteiger partial charge in [0.1, 0.15) is 0 Å². The Labute approximate surface area is 97.6 Å². The second-order valence-corrected chi connectivity index (χ2v) is 4.20. The Morgan fingerprint density at radius 2 is 1.88 bits per heavy atom. The zero-order chi connectivity index (χ0) is 11.8. The highest BCUT2D eigenvalue weighted by molar-refractivity contribution is 5.29. The maximum absolute atomic E-state index is 13.3. The molecular weight excluding hydrogens is 203 g/mol. The summed E-state index contributed by atoms with van der Waals surface area (Å²) in [5.74, 6) is 0.120. The normalized spacial score (nSPS) is 10.4. The molecule has 1 nitrogen and oxygen atoms in total. The molecular formula is C14H21FO. The van der Waals surface area contributed by atoms with Gasteiger partial charge in [0.15, 0.2) is 11.6 Å². The molecule has 90 valence electrons. The van der Waals surface area contributed by atoms with Crippen molar-refractivity contribution < 1.29 is 9.13 Å². The zero-order valence-corrected chi connectivity index (χ0v) is 10.3. The minimum absolute atomic E-state index is 0.265. The van der Waals surface area contributed by atoms with Crippen LogP contribution in [0.15, 0.2) is 18.2 Å². The van der Waals surface area contributed by atoms with E-state index in [1.165, 1.54) is 31.7 Å². The molecule has 0 saturated heterocycles. The maximum Gasteiger partial charge on any atom is 0.165 e. The number of halogens is 1. The van der Waals surface area contributed by atoms with Crippen molar-refractivity contribution in [3.8, 4) is 5.75 Å². The fourth-order valence-corrected chi connectivity index (χ4v) is 1.61. The first kappa shape index (κ1) is 13.0. The molecule has 0 unspecified atom stereocenters. The van der Waals surface area contributed by atoms with Crippen molar-refractivity contribution >= 4 is 0 Å². The van der Waals surface area contributed by atoms with Crippen molar-refractivity contribution in [3.05, 3.63) is 29.6 Å².